The summed E-state index contributed by atoms with van der Waals surface area (Å²) in [7, 11) is 3.97. The largest absolute Gasteiger partial charge is 0.444 e. The highest BCUT2D eigenvalue weighted by atomic mass is 127. The minimum atomic E-state index is 0. The van der Waals surface area contributed by atoms with Gasteiger partial charge in [0.2, 0.25) is 5.89 Å². The zero-order chi connectivity index (χ0) is 21.5. The summed E-state index contributed by atoms with van der Waals surface area (Å²) in [6.45, 7) is 11.0. The average molecular weight is 540 g/mol. The molecule has 1 saturated heterocycles. The molecule has 6 nitrogen and oxygen atoms in total. The average Bonchev–Trinajstić information content (AvgIpc) is 3.07. The SMILES string of the molecule is CCc1ccc(CN(C)C(=NC)NCC2CCN(Cc3nc(C)c(C)o3)CC2)cc1.I. The van der Waals surface area contributed by atoms with Gasteiger partial charge in [0.05, 0.1) is 12.2 Å². The first-order valence-electron chi connectivity index (χ1n) is 11.1. The van der Waals surface area contributed by atoms with Crippen LogP contribution in [0.5, 0.6) is 0 Å². The van der Waals surface area contributed by atoms with Gasteiger partial charge in [0.25, 0.3) is 0 Å². The Kier molecular flexibility index (Phi) is 10.3. The fourth-order valence-corrected chi connectivity index (χ4v) is 4.00. The van der Waals surface area contributed by atoms with Crippen molar-refractivity contribution in [1.29, 1.82) is 0 Å². The van der Waals surface area contributed by atoms with E-state index in [4.69, 9.17) is 4.42 Å². The van der Waals surface area contributed by atoms with Crippen molar-refractivity contribution in [3.8, 4) is 0 Å². The molecule has 172 valence electrons. The van der Waals surface area contributed by atoms with Crippen molar-refractivity contribution in [3.05, 3.63) is 52.7 Å². The lowest BCUT2D eigenvalue weighted by molar-refractivity contribution is 0.163. The van der Waals surface area contributed by atoms with E-state index in [1.165, 1.54) is 24.0 Å². The third-order valence-electron chi connectivity index (χ3n) is 6.11. The van der Waals surface area contributed by atoms with E-state index in [0.717, 1.165) is 62.4 Å². The second kappa shape index (κ2) is 12.4. The molecule has 1 aliphatic rings. The van der Waals surface area contributed by atoms with Crippen LogP contribution < -0.4 is 5.32 Å². The van der Waals surface area contributed by atoms with Crippen molar-refractivity contribution < 1.29 is 4.42 Å². The van der Waals surface area contributed by atoms with E-state index >= 15 is 0 Å². The third-order valence-corrected chi connectivity index (χ3v) is 6.11. The van der Waals surface area contributed by atoms with Crippen LogP contribution in [-0.2, 0) is 19.5 Å². The highest BCUT2D eigenvalue weighted by Crippen LogP contribution is 2.19. The van der Waals surface area contributed by atoms with E-state index < -0.39 is 0 Å². The fourth-order valence-electron chi connectivity index (χ4n) is 4.00. The molecular formula is C24H38IN5O. The summed E-state index contributed by atoms with van der Waals surface area (Å²) in [4.78, 5) is 13.6. The molecule has 0 saturated carbocycles. The van der Waals surface area contributed by atoms with E-state index in [1.54, 1.807) is 0 Å². The van der Waals surface area contributed by atoms with Crippen LogP contribution in [0.4, 0.5) is 0 Å². The van der Waals surface area contributed by atoms with E-state index in [-0.39, 0.29) is 24.0 Å². The summed E-state index contributed by atoms with van der Waals surface area (Å²) in [6, 6.07) is 8.87. The Labute approximate surface area is 204 Å². The van der Waals surface area contributed by atoms with E-state index in [9.17, 15) is 0 Å². The van der Waals surface area contributed by atoms with Gasteiger partial charge in [-0.15, -0.1) is 24.0 Å². The van der Waals surface area contributed by atoms with Crippen LogP contribution in [0.15, 0.2) is 33.7 Å². The molecule has 7 heteroatoms. The second-order valence-electron chi connectivity index (χ2n) is 8.42. The lowest BCUT2D eigenvalue weighted by Gasteiger charge is -2.32. The number of aryl methyl sites for hydroxylation is 3. The first kappa shape index (κ1) is 25.6. The molecule has 1 aromatic heterocycles. The van der Waals surface area contributed by atoms with Gasteiger partial charge < -0.3 is 14.6 Å². The molecule has 31 heavy (non-hydrogen) atoms. The first-order valence-corrected chi connectivity index (χ1v) is 11.1. The maximum atomic E-state index is 5.74. The number of hydrogen-bond acceptors (Lipinski definition) is 4. The normalized spacial score (nSPS) is 15.6. The zero-order valence-electron chi connectivity index (χ0n) is 19.6. The number of oxazole rings is 1. The van der Waals surface area contributed by atoms with Crippen molar-refractivity contribution >= 4 is 29.9 Å². The Balaban J connectivity index is 0.00000341. The molecule has 0 unspecified atom stereocenters. The molecule has 3 rings (SSSR count). The molecule has 0 amide bonds. The molecule has 0 spiro atoms. The second-order valence-corrected chi connectivity index (χ2v) is 8.42. The van der Waals surface area contributed by atoms with Crippen molar-refractivity contribution in [2.24, 2.45) is 10.9 Å². The van der Waals surface area contributed by atoms with Gasteiger partial charge in [-0.3, -0.25) is 9.89 Å². The van der Waals surface area contributed by atoms with Crippen molar-refractivity contribution in [1.82, 2.24) is 20.1 Å². The maximum absolute atomic E-state index is 5.74. The Hall–Kier alpha value is -1.61. The summed E-state index contributed by atoms with van der Waals surface area (Å²) in [5.41, 5.74) is 3.69. The number of rotatable bonds is 7. The van der Waals surface area contributed by atoms with Gasteiger partial charge in [-0.1, -0.05) is 31.2 Å². The number of aromatic nitrogens is 1. The summed E-state index contributed by atoms with van der Waals surface area (Å²) >= 11 is 0. The Morgan fingerprint density at radius 1 is 1.19 bits per heavy atom. The minimum absolute atomic E-state index is 0. The van der Waals surface area contributed by atoms with Crippen LogP contribution in [-0.4, -0.2) is 54.5 Å². The maximum Gasteiger partial charge on any atom is 0.208 e. The lowest BCUT2D eigenvalue weighted by atomic mass is 9.97. The number of halogens is 1. The highest BCUT2D eigenvalue weighted by Gasteiger charge is 2.21. The number of likely N-dealkylation sites (tertiary alicyclic amines) is 1. The van der Waals surface area contributed by atoms with E-state index in [2.05, 4.69) is 63.3 Å². The number of benzene rings is 1. The summed E-state index contributed by atoms with van der Waals surface area (Å²) in [6.07, 6.45) is 3.45. The predicted molar refractivity (Wildman–Crippen MR) is 138 cm³/mol. The number of guanidine groups is 1. The Bertz CT molecular complexity index is 805. The molecular weight excluding hydrogens is 501 g/mol. The molecule has 0 bridgehead atoms. The standard InChI is InChI=1S/C24H37N5O.HI/c1-6-20-7-9-22(10-8-20)16-28(5)24(25-4)26-15-21-11-13-29(14-12-21)17-23-27-18(2)19(3)30-23;/h7-10,21H,6,11-17H2,1-5H3,(H,25,26);1H. The van der Waals surface area contributed by atoms with Gasteiger partial charge in [-0.05, 0) is 63.2 Å². The van der Waals surface area contributed by atoms with Crippen molar-refractivity contribution in [2.75, 3.05) is 33.7 Å². The molecule has 1 N–H and O–H groups in total. The molecule has 0 atom stereocenters. The molecule has 2 aromatic rings. The van der Waals surface area contributed by atoms with Crippen LogP contribution in [0.1, 0.15) is 48.2 Å². The molecule has 0 radical (unpaired) electrons. The van der Waals surface area contributed by atoms with Crippen molar-refractivity contribution in [3.63, 3.8) is 0 Å². The molecule has 0 aliphatic carbocycles. The number of piperidine rings is 1. The summed E-state index contributed by atoms with van der Waals surface area (Å²) in [5, 5.41) is 3.58. The topological polar surface area (TPSA) is 56.9 Å². The summed E-state index contributed by atoms with van der Waals surface area (Å²) < 4.78 is 5.74. The molecule has 1 fully saturated rings. The number of hydrogen-bond donors (Lipinski definition) is 1. The summed E-state index contributed by atoms with van der Waals surface area (Å²) in [5.74, 6) is 3.41. The fraction of sp³-hybridized carbons (Fsp3) is 0.583. The van der Waals surface area contributed by atoms with Crippen LogP contribution >= 0.6 is 24.0 Å². The van der Waals surface area contributed by atoms with Gasteiger partial charge in [0, 0.05) is 27.2 Å². The molecule has 1 aromatic carbocycles. The van der Waals surface area contributed by atoms with E-state index in [1.807, 2.05) is 20.9 Å². The van der Waals surface area contributed by atoms with Gasteiger partial charge in [-0.25, -0.2) is 4.98 Å². The number of aliphatic imine (C=N–C) groups is 1. The molecule has 1 aliphatic heterocycles. The monoisotopic (exact) mass is 539 g/mol. The quantitative estimate of drug-likeness (QED) is 0.322. The van der Waals surface area contributed by atoms with Gasteiger partial charge in [-0.2, -0.15) is 0 Å². The number of nitrogens with zero attached hydrogens (tertiary/aromatic N) is 4. The lowest BCUT2D eigenvalue weighted by Crippen LogP contribution is -2.43. The third kappa shape index (κ3) is 7.49. The predicted octanol–water partition coefficient (Wildman–Crippen LogP) is 4.39. The Morgan fingerprint density at radius 2 is 1.84 bits per heavy atom. The minimum Gasteiger partial charge on any atom is -0.444 e. The number of nitrogens with one attached hydrogen (secondary N) is 1. The molecule has 2 heterocycles. The van der Waals surface area contributed by atoms with E-state index in [0.29, 0.717) is 5.92 Å². The van der Waals surface area contributed by atoms with Crippen LogP contribution in [0.25, 0.3) is 0 Å². The smallest absolute Gasteiger partial charge is 0.208 e. The van der Waals surface area contributed by atoms with Gasteiger partial charge >= 0.3 is 0 Å². The van der Waals surface area contributed by atoms with Crippen LogP contribution in [0, 0.1) is 19.8 Å². The van der Waals surface area contributed by atoms with Gasteiger partial charge in [0.1, 0.15) is 5.76 Å². The van der Waals surface area contributed by atoms with Crippen molar-refractivity contribution in [2.45, 2.75) is 53.1 Å². The van der Waals surface area contributed by atoms with Crippen LogP contribution in [0.2, 0.25) is 0 Å². The Morgan fingerprint density at radius 3 is 2.39 bits per heavy atom. The van der Waals surface area contributed by atoms with Crippen LogP contribution in [0.3, 0.4) is 0 Å². The van der Waals surface area contributed by atoms with Gasteiger partial charge in [0.15, 0.2) is 5.96 Å². The first-order chi connectivity index (χ1) is 14.5. The highest BCUT2D eigenvalue weighted by molar-refractivity contribution is 14.0. The zero-order valence-corrected chi connectivity index (χ0v) is 22.0.